The molecule has 1 aromatic rings. The van der Waals surface area contributed by atoms with E-state index in [1.54, 1.807) is 7.11 Å². The van der Waals surface area contributed by atoms with Gasteiger partial charge in [-0.2, -0.15) is 0 Å². The average Bonchev–Trinajstić information content (AvgIpc) is 2.30. The van der Waals surface area contributed by atoms with Gasteiger partial charge in [0.15, 0.2) is 0 Å². The molecule has 3 nitrogen and oxygen atoms in total. The van der Waals surface area contributed by atoms with Gasteiger partial charge in [0.05, 0.1) is 7.11 Å². The zero-order valence-electron chi connectivity index (χ0n) is 13.4. The fourth-order valence-corrected chi connectivity index (χ4v) is 2.32. The molecule has 0 aliphatic carbocycles. The SMILES string of the molecule is COc1c(C)cc(N(C)CCC(C)(C)N)c(C)c1C. The highest BCUT2D eigenvalue weighted by Gasteiger charge is 2.16. The van der Waals surface area contributed by atoms with Crippen LogP contribution in [-0.2, 0) is 0 Å². The van der Waals surface area contributed by atoms with Crippen molar-refractivity contribution < 1.29 is 4.74 Å². The Bertz CT molecular complexity index is 447. The molecule has 2 N–H and O–H groups in total. The number of aryl methyl sites for hydroxylation is 1. The highest BCUT2D eigenvalue weighted by Crippen LogP contribution is 2.33. The molecule has 3 heteroatoms. The first-order valence-corrected chi connectivity index (χ1v) is 6.82. The summed E-state index contributed by atoms with van der Waals surface area (Å²) in [6.07, 6.45) is 0.965. The van der Waals surface area contributed by atoms with E-state index in [9.17, 15) is 0 Å². The second-order valence-electron chi connectivity index (χ2n) is 6.16. The summed E-state index contributed by atoms with van der Waals surface area (Å²) < 4.78 is 5.47. The Morgan fingerprint density at radius 1 is 1.21 bits per heavy atom. The highest BCUT2D eigenvalue weighted by molar-refractivity contribution is 5.62. The minimum Gasteiger partial charge on any atom is -0.496 e. The fraction of sp³-hybridized carbons (Fsp3) is 0.625. The minimum atomic E-state index is -0.126. The zero-order valence-corrected chi connectivity index (χ0v) is 13.4. The molecule has 1 aromatic carbocycles. The normalized spacial score (nSPS) is 11.6. The molecule has 0 unspecified atom stereocenters. The quantitative estimate of drug-likeness (QED) is 0.887. The molecule has 0 radical (unpaired) electrons. The maximum absolute atomic E-state index is 6.06. The van der Waals surface area contributed by atoms with Crippen molar-refractivity contribution in [3.05, 3.63) is 22.8 Å². The highest BCUT2D eigenvalue weighted by atomic mass is 16.5. The first kappa shape index (κ1) is 15.8. The molecule has 0 fully saturated rings. The summed E-state index contributed by atoms with van der Waals surface area (Å²) in [6, 6.07) is 2.20. The van der Waals surface area contributed by atoms with Gasteiger partial charge in [-0.25, -0.2) is 0 Å². The maximum Gasteiger partial charge on any atom is 0.125 e. The van der Waals surface area contributed by atoms with Crippen molar-refractivity contribution in [3.63, 3.8) is 0 Å². The van der Waals surface area contributed by atoms with Gasteiger partial charge in [0.2, 0.25) is 0 Å². The summed E-state index contributed by atoms with van der Waals surface area (Å²) in [6.45, 7) is 11.4. The Labute approximate surface area is 117 Å². The molecule has 0 saturated heterocycles. The predicted octanol–water partition coefficient (Wildman–Crippen LogP) is 3.18. The summed E-state index contributed by atoms with van der Waals surface area (Å²) in [5, 5.41) is 0. The summed E-state index contributed by atoms with van der Waals surface area (Å²) in [5.41, 5.74) is 10.9. The Morgan fingerprint density at radius 2 is 1.79 bits per heavy atom. The van der Waals surface area contributed by atoms with E-state index in [1.165, 1.54) is 22.4 Å². The molecule has 0 bridgehead atoms. The molecule has 1 rings (SSSR count). The Morgan fingerprint density at radius 3 is 2.26 bits per heavy atom. The van der Waals surface area contributed by atoms with Crippen LogP contribution in [0, 0.1) is 20.8 Å². The van der Waals surface area contributed by atoms with E-state index in [0.29, 0.717) is 0 Å². The van der Waals surface area contributed by atoms with Gasteiger partial charge in [-0.15, -0.1) is 0 Å². The van der Waals surface area contributed by atoms with Crippen LogP contribution in [0.2, 0.25) is 0 Å². The lowest BCUT2D eigenvalue weighted by atomic mass is 10.00. The number of nitrogens with two attached hydrogens (primary N) is 1. The molecule has 0 aliphatic rings. The fourth-order valence-electron chi connectivity index (χ4n) is 2.32. The lowest BCUT2D eigenvalue weighted by Crippen LogP contribution is -2.36. The summed E-state index contributed by atoms with van der Waals surface area (Å²) in [4.78, 5) is 2.28. The first-order chi connectivity index (χ1) is 8.67. The number of benzene rings is 1. The summed E-state index contributed by atoms with van der Waals surface area (Å²) >= 11 is 0. The summed E-state index contributed by atoms with van der Waals surface area (Å²) in [7, 11) is 3.86. The van der Waals surface area contributed by atoms with Crippen LogP contribution in [0.15, 0.2) is 6.07 Å². The van der Waals surface area contributed by atoms with E-state index in [0.717, 1.165) is 18.7 Å². The number of hydrogen-bond acceptors (Lipinski definition) is 3. The molecule has 0 aliphatic heterocycles. The van der Waals surface area contributed by atoms with Crippen molar-refractivity contribution in [1.29, 1.82) is 0 Å². The van der Waals surface area contributed by atoms with Crippen LogP contribution in [0.1, 0.15) is 37.0 Å². The van der Waals surface area contributed by atoms with Crippen LogP contribution >= 0.6 is 0 Å². The van der Waals surface area contributed by atoms with Gasteiger partial charge in [-0.3, -0.25) is 0 Å². The molecule has 19 heavy (non-hydrogen) atoms. The second-order valence-corrected chi connectivity index (χ2v) is 6.16. The smallest absolute Gasteiger partial charge is 0.125 e. The topological polar surface area (TPSA) is 38.5 Å². The number of anilines is 1. The van der Waals surface area contributed by atoms with Crippen LogP contribution in [0.5, 0.6) is 5.75 Å². The largest absolute Gasteiger partial charge is 0.496 e. The Hall–Kier alpha value is -1.22. The lowest BCUT2D eigenvalue weighted by molar-refractivity contribution is 0.408. The van der Waals surface area contributed by atoms with Crippen molar-refractivity contribution in [1.82, 2.24) is 0 Å². The third-order valence-corrected chi connectivity index (χ3v) is 3.71. The predicted molar refractivity (Wildman–Crippen MR) is 83.4 cm³/mol. The van der Waals surface area contributed by atoms with Gasteiger partial charge < -0.3 is 15.4 Å². The van der Waals surface area contributed by atoms with Crippen molar-refractivity contribution in [2.45, 2.75) is 46.6 Å². The van der Waals surface area contributed by atoms with E-state index in [1.807, 2.05) is 0 Å². The molecule has 0 spiro atoms. The molecular weight excluding hydrogens is 236 g/mol. The van der Waals surface area contributed by atoms with Crippen LogP contribution in [0.25, 0.3) is 0 Å². The van der Waals surface area contributed by atoms with Crippen molar-refractivity contribution in [2.75, 3.05) is 25.6 Å². The number of nitrogens with zero attached hydrogens (tertiary/aromatic N) is 1. The van der Waals surface area contributed by atoms with Crippen molar-refractivity contribution in [3.8, 4) is 5.75 Å². The van der Waals surface area contributed by atoms with E-state index < -0.39 is 0 Å². The third kappa shape index (κ3) is 3.87. The standard InChI is InChI=1S/C16H28N2O/c1-11-10-14(12(2)13(3)15(11)19-7)18(6)9-8-16(4,5)17/h10H,8-9,17H2,1-7H3. The second kappa shape index (κ2) is 5.83. The third-order valence-electron chi connectivity index (χ3n) is 3.71. The average molecular weight is 264 g/mol. The number of rotatable bonds is 5. The number of hydrogen-bond donors (Lipinski definition) is 1. The van der Waals surface area contributed by atoms with Gasteiger partial charge in [-0.1, -0.05) is 0 Å². The van der Waals surface area contributed by atoms with Gasteiger partial charge >= 0.3 is 0 Å². The van der Waals surface area contributed by atoms with Gasteiger partial charge in [-0.05, 0) is 63.8 Å². The summed E-state index contributed by atoms with van der Waals surface area (Å²) in [5.74, 6) is 0.994. The Kier molecular flexibility index (Phi) is 4.86. The van der Waals surface area contributed by atoms with Crippen LogP contribution in [-0.4, -0.2) is 26.2 Å². The molecule has 0 saturated carbocycles. The number of methoxy groups -OCH3 is 1. The van der Waals surface area contributed by atoms with Crippen LogP contribution in [0.4, 0.5) is 5.69 Å². The lowest BCUT2D eigenvalue weighted by Gasteiger charge is -2.28. The molecule has 108 valence electrons. The minimum absolute atomic E-state index is 0.126. The molecular formula is C16H28N2O. The van der Waals surface area contributed by atoms with E-state index in [-0.39, 0.29) is 5.54 Å². The Balaban J connectivity index is 3.01. The van der Waals surface area contributed by atoms with Gasteiger partial charge in [0.1, 0.15) is 5.75 Å². The van der Waals surface area contributed by atoms with Crippen LogP contribution in [0.3, 0.4) is 0 Å². The van der Waals surface area contributed by atoms with E-state index in [2.05, 4.69) is 52.6 Å². The molecule has 0 amide bonds. The van der Waals surface area contributed by atoms with Gasteiger partial charge in [0, 0.05) is 24.8 Å². The maximum atomic E-state index is 6.06. The molecule has 0 atom stereocenters. The molecule has 0 heterocycles. The molecule has 0 aromatic heterocycles. The first-order valence-electron chi connectivity index (χ1n) is 6.82. The van der Waals surface area contributed by atoms with Crippen molar-refractivity contribution in [2.24, 2.45) is 5.73 Å². The monoisotopic (exact) mass is 264 g/mol. The van der Waals surface area contributed by atoms with Crippen molar-refractivity contribution >= 4 is 5.69 Å². The van der Waals surface area contributed by atoms with Crippen LogP contribution < -0.4 is 15.4 Å². The van der Waals surface area contributed by atoms with E-state index in [4.69, 9.17) is 10.5 Å². The zero-order chi connectivity index (χ0) is 14.8. The van der Waals surface area contributed by atoms with Gasteiger partial charge in [0.25, 0.3) is 0 Å². The number of ether oxygens (including phenoxy) is 1. The van der Waals surface area contributed by atoms with E-state index >= 15 is 0 Å².